The second-order valence-electron chi connectivity index (χ2n) is 1.47. The Labute approximate surface area is 47.8 Å². The van der Waals surface area contributed by atoms with Crippen molar-refractivity contribution in [1.82, 2.24) is 5.01 Å². The standard InChI is InChI=1S/C5H7N3/c1-5-4-7-2-3-8(5)6/h2-4H,1,6H2. The molecule has 0 fully saturated rings. The van der Waals surface area contributed by atoms with Gasteiger partial charge in [0, 0.05) is 12.4 Å². The van der Waals surface area contributed by atoms with Crippen LogP contribution in [0.3, 0.4) is 0 Å². The number of aliphatic imine (C=N–C) groups is 1. The van der Waals surface area contributed by atoms with Crippen LogP contribution in [0.15, 0.2) is 29.7 Å². The van der Waals surface area contributed by atoms with Crippen LogP contribution in [-0.2, 0) is 0 Å². The predicted octanol–water partition coefficient (Wildman–Crippen LogP) is 0.231. The topological polar surface area (TPSA) is 41.6 Å². The lowest BCUT2D eigenvalue weighted by atomic mass is 10.5. The normalized spacial score (nSPS) is 17.6. The first-order valence-electron chi connectivity index (χ1n) is 2.23. The summed E-state index contributed by atoms with van der Waals surface area (Å²) in [6.45, 7) is 3.60. The lowest BCUT2D eigenvalue weighted by Crippen LogP contribution is -2.25. The van der Waals surface area contributed by atoms with Gasteiger partial charge in [-0.25, -0.2) is 5.84 Å². The lowest BCUT2D eigenvalue weighted by molar-refractivity contribution is 0.516. The van der Waals surface area contributed by atoms with Crippen LogP contribution >= 0.6 is 0 Å². The summed E-state index contributed by atoms with van der Waals surface area (Å²) in [6, 6.07) is 0. The fraction of sp³-hybridized carbons (Fsp3) is 0. The summed E-state index contributed by atoms with van der Waals surface area (Å²) in [5.41, 5.74) is 0.701. The van der Waals surface area contributed by atoms with Crippen molar-refractivity contribution in [3.8, 4) is 0 Å². The maximum Gasteiger partial charge on any atom is 0.0679 e. The summed E-state index contributed by atoms with van der Waals surface area (Å²) >= 11 is 0. The van der Waals surface area contributed by atoms with Crippen molar-refractivity contribution >= 4 is 6.21 Å². The molecule has 0 aromatic heterocycles. The Hall–Kier alpha value is -1.09. The molecule has 2 N–H and O–H groups in total. The van der Waals surface area contributed by atoms with Crippen LogP contribution in [0.5, 0.6) is 0 Å². The van der Waals surface area contributed by atoms with Crippen LogP contribution in [0.1, 0.15) is 0 Å². The van der Waals surface area contributed by atoms with Crippen molar-refractivity contribution in [2.24, 2.45) is 10.8 Å². The lowest BCUT2D eigenvalue weighted by Gasteiger charge is -2.13. The Morgan fingerprint density at radius 1 is 1.75 bits per heavy atom. The number of allylic oxidation sites excluding steroid dienone is 1. The van der Waals surface area contributed by atoms with Gasteiger partial charge in [0.1, 0.15) is 0 Å². The van der Waals surface area contributed by atoms with Crippen molar-refractivity contribution in [2.45, 2.75) is 0 Å². The first-order valence-corrected chi connectivity index (χ1v) is 2.23. The number of rotatable bonds is 0. The van der Waals surface area contributed by atoms with E-state index in [1.807, 2.05) is 0 Å². The van der Waals surface area contributed by atoms with Crippen molar-refractivity contribution in [1.29, 1.82) is 0 Å². The van der Waals surface area contributed by atoms with E-state index in [-0.39, 0.29) is 0 Å². The van der Waals surface area contributed by atoms with Crippen molar-refractivity contribution < 1.29 is 0 Å². The molecule has 0 saturated heterocycles. The second kappa shape index (κ2) is 1.79. The van der Waals surface area contributed by atoms with Crippen LogP contribution in [-0.4, -0.2) is 11.2 Å². The molecule has 0 bridgehead atoms. The molecule has 1 heterocycles. The Morgan fingerprint density at radius 3 is 2.88 bits per heavy atom. The van der Waals surface area contributed by atoms with Gasteiger partial charge in [0.25, 0.3) is 0 Å². The molecule has 0 spiro atoms. The third-order valence-corrected chi connectivity index (χ3v) is 0.869. The van der Waals surface area contributed by atoms with Crippen LogP contribution in [0.2, 0.25) is 0 Å². The third-order valence-electron chi connectivity index (χ3n) is 0.869. The summed E-state index contributed by atoms with van der Waals surface area (Å²) in [6.07, 6.45) is 4.84. The van der Waals surface area contributed by atoms with E-state index in [0.717, 1.165) is 0 Å². The predicted molar refractivity (Wildman–Crippen MR) is 32.8 cm³/mol. The van der Waals surface area contributed by atoms with E-state index in [4.69, 9.17) is 5.84 Å². The molecule has 3 nitrogen and oxygen atoms in total. The Morgan fingerprint density at radius 2 is 2.50 bits per heavy atom. The molecular formula is C5H7N3. The molecule has 0 atom stereocenters. The van der Waals surface area contributed by atoms with Crippen LogP contribution in [0, 0.1) is 0 Å². The molecule has 0 aromatic rings. The minimum absolute atomic E-state index is 0.701. The van der Waals surface area contributed by atoms with Crippen molar-refractivity contribution in [3.63, 3.8) is 0 Å². The van der Waals surface area contributed by atoms with E-state index in [1.165, 1.54) is 5.01 Å². The van der Waals surface area contributed by atoms with Gasteiger partial charge >= 0.3 is 0 Å². The molecule has 0 saturated carbocycles. The molecule has 0 unspecified atom stereocenters. The van der Waals surface area contributed by atoms with Gasteiger partial charge in [0.2, 0.25) is 0 Å². The van der Waals surface area contributed by atoms with Crippen LogP contribution < -0.4 is 5.84 Å². The molecule has 1 aliphatic rings. The van der Waals surface area contributed by atoms with Gasteiger partial charge < -0.3 is 0 Å². The number of nitrogens with zero attached hydrogens (tertiary/aromatic N) is 2. The van der Waals surface area contributed by atoms with E-state index in [0.29, 0.717) is 5.70 Å². The monoisotopic (exact) mass is 109 g/mol. The Balaban J connectivity index is 2.74. The van der Waals surface area contributed by atoms with E-state index in [2.05, 4.69) is 11.6 Å². The van der Waals surface area contributed by atoms with E-state index in [1.54, 1.807) is 18.6 Å². The van der Waals surface area contributed by atoms with Gasteiger partial charge in [-0.15, -0.1) is 0 Å². The number of hydrogen-bond donors (Lipinski definition) is 1. The number of hydrazine groups is 1. The van der Waals surface area contributed by atoms with E-state index in [9.17, 15) is 0 Å². The van der Waals surface area contributed by atoms with Gasteiger partial charge in [-0.2, -0.15) is 0 Å². The first-order chi connectivity index (χ1) is 3.80. The minimum Gasteiger partial charge on any atom is -0.284 e. The highest BCUT2D eigenvalue weighted by Crippen LogP contribution is 1.97. The molecule has 3 heteroatoms. The summed E-state index contributed by atoms with van der Waals surface area (Å²) in [5, 5.41) is 1.41. The SMILES string of the molecule is C=C1C=NC=CN1N. The van der Waals surface area contributed by atoms with Crippen molar-refractivity contribution in [3.05, 3.63) is 24.7 Å². The molecule has 42 valence electrons. The maximum atomic E-state index is 5.33. The van der Waals surface area contributed by atoms with E-state index >= 15 is 0 Å². The molecule has 0 aromatic carbocycles. The average molecular weight is 109 g/mol. The fourth-order valence-electron chi connectivity index (χ4n) is 0.402. The van der Waals surface area contributed by atoms with Crippen LogP contribution in [0.4, 0.5) is 0 Å². The first kappa shape index (κ1) is 5.05. The smallest absolute Gasteiger partial charge is 0.0679 e. The van der Waals surface area contributed by atoms with E-state index < -0.39 is 0 Å². The molecule has 0 radical (unpaired) electrons. The molecule has 1 aliphatic heterocycles. The zero-order valence-corrected chi connectivity index (χ0v) is 4.41. The number of hydrogen-bond acceptors (Lipinski definition) is 3. The summed E-state index contributed by atoms with van der Waals surface area (Å²) in [4.78, 5) is 3.78. The maximum absolute atomic E-state index is 5.33. The van der Waals surface area contributed by atoms with Gasteiger partial charge in [0.05, 0.1) is 11.9 Å². The largest absolute Gasteiger partial charge is 0.284 e. The fourth-order valence-corrected chi connectivity index (χ4v) is 0.402. The van der Waals surface area contributed by atoms with Gasteiger partial charge in [-0.1, -0.05) is 6.58 Å². The third kappa shape index (κ3) is 0.764. The molecule has 0 amide bonds. The molecule has 1 rings (SSSR count). The minimum atomic E-state index is 0.701. The summed E-state index contributed by atoms with van der Waals surface area (Å²) < 4.78 is 0. The average Bonchev–Trinajstić information content (AvgIpc) is 1.77. The summed E-state index contributed by atoms with van der Waals surface area (Å²) in [7, 11) is 0. The van der Waals surface area contributed by atoms with Crippen LogP contribution in [0.25, 0.3) is 0 Å². The van der Waals surface area contributed by atoms with Gasteiger partial charge in [-0.05, 0) is 0 Å². The summed E-state index contributed by atoms with van der Waals surface area (Å²) in [5.74, 6) is 5.33. The highest BCUT2D eigenvalue weighted by Gasteiger charge is 1.95. The molecule has 0 aliphatic carbocycles. The Bertz CT molecular complexity index is 157. The van der Waals surface area contributed by atoms with Gasteiger partial charge in [-0.3, -0.25) is 10.0 Å². The second-order valence-corrected chi connectivity index (χ2v) is 1.47. The molecular weight excluding hydrogens is 102 g/mol. The Kier molecular flexibility index (Phi) is 1.13. The van der Waals surface area contributed by atoms with Crippen molar-refractivity contribution in [2.75, 3.05) is 0 Å². The highest BCUT2D eigenvalue weighted by molar-refractivity contribution is 5.78. The molecule has 8 heavy (non-hydrogen) atoms. The number of nitrogens with two attached hydrogens (primary N) is 1. The quantitative estimate of drug-likeness (QED) is 0.452. The zero-order valence-electron chi connectivity index (χ0n) is 4.41. The zero-order chi connectivity index (χ0) is 5.98. The van der Waals surface area contributed by atoms with Gasteiger partial charge in [0.15, 0.2) is 0 Å². The highest BCUT2D eigenvalue weighted by atomic mass is 15.4.